The Bertz CT molecular complexity index is 695. The molecule has 0 saturated carbocycles. The molecule has 1 aromatic carbocycles. The maximum absolute atomic E-state index is 8.90. The van der Waals surface area contributed by atoms with Gasteiger partial charge in [-0.2, -0.15) is 5.26 Å². The molecule has 0 bridgehead atoms. The largest absolute Gasteiger partial charge is 0.492 e. The Hall–Kier alpha value is -1.94. The van der Waals surface area contributed by atoms with E-state index in [1.54, 1.807) is 23.5 Å². The molecule has 120 valence electrons. The van der Waals surface area contributed by atoms with Crippen LogP contribution in [0.5, 0.6) is 5.75 Å². The molecule has 1 unspecified atom stereocenters. The highest BCUT2D eigenvalue weighted by molar-refractivity contribution is 7.09. The number of thiazole rings is 1. The molecule has 0 amide bonds. The molecule has 1 atom stereocenters. The number of aromatic nitrogens is 1. The van der Waals surface area contributed by atoms with Crippen LogP contribution in [0.3, 0.4) is 0 Å². The van der Waals surface area contributed by atoms with Crippen molar-refractivity contribution in [2.75, 3.05) is 32.8 Å². The third kappa shape index (κ3) is 4.29. The Morgan fingerprint density at radius 3 is 3.22 bits per heavy atom. The summed E-state index contributed by atoms with van der Waals surface area (Å²) in [6.07, 6.45) is 0.0596. The molecule has 1 aliphatic heterocycles. The van der Waals surface area contributed by atoms with Crippen LogP contribution in [0.4, 0.5) is 0 Å². The van der Waals surface area contributed by atoms with Gasteiger partial charge >= 0.3 is 0 Å². The molecule has 1 aliphatic rings. The second-order valence-corrected chi connectivity index (χ2v) is 6.36. The van der Waals surface area contributed by atoms with Crippen LogP contribution in [-0.4, -0.2) is 42.7 Å². The van der Waals surface area contributed by atoms with Crippen molar-refractivity contribution < 1.29 is 9.47 Å². The number of nitrogens with zero attached hydrogens (tertiary/aromatic N) is 3. The van der Waals surface area contributed by atoms with Crippen LogP contribution in [0.15, 0.2) is 29.6 Å². The Kier molecular flexibility index (Phi) is 5.23. The highest BCUT2D eigenvalue weighted by Crippen LogP contribution is 2.25. The molecular formula is C17H19N3O2S. The molecular weight excluding hydrogens is 310 g/mol. The number of rotatable bonds is 5. The van der Waals surface area contributed by atoms with Crippen LogP contribution in [-0.2, 0) is 4.74 Å². The summed E-state index contributed by atoms with van der Waals surface area (Å²) >= 11 is 1.66. The molecule has 2 aromatic rings. The fourth-order valence-electron chi connectivity index (χ4n) is 2.52. The van der Waals surface area contributed by atoms with Gasteiger partial charge in [-0.25, -0.2) is 4.98 Å². The van der Waals surface area contributed by atoms with Crippen LogP contribution >= 0.6 is 11.3 Å². The summed E-state index contributed by atoms with van der Waals surface area (Å²) < 4.78 is 11.6. The average molecular weight is 329 g/mol. The first-order valence-electron chi connectivity index (χ1n) is 7.63. The molecule has 2 heterocycles. The van der Waals surface area contributed by atoms with Gasteiger partial charge in [0.15, 0.2) is 0 Å². The van der Waals surface area contributed by atoms with Crippen molar-refractivity contribution in [2.24, 2.45) is 0 Å². The van der Waals surface area contributed by atoms with Gasteiger partial charge in [0.25, 0.3) is 0 Å². The summed E-state index contributed by atoms with van der Waals surface area (Å²) in [5.41, 5.74) is 1.67. The van der Waals surface area contributed by atoms with Crippen LogP contribution in [0.2, 0.25) is 0 Å². The van der Waals surface area contributed by atoms with E-state index in [0.717, 1.165) is 36.1 Å². The molecule has 3 rings (SSSR count). The summed E-state index contributed by atoms with van der Waals surface area (Å²) in [7, 11) is 0. The lowest BCUT2D eigenvalue weighted by Crippen LogP contribution is -2.40. The first kappa shape index (κ1) is 15.9. The summed E-state index contributed by atoms with van der Waals surface area (Å²) in [5.74, 6) is 0.740. The fraction of sp³-hybridized carbons (Fsp3) is 0.412. The van der Waals surface area contributed by atoms with E-state index in [2.05, 4.69) is 21.3 Å². The van der Waals surface area contributed by atoms with Gasteiger partial charge in [0, 0.05) is 30.7 Å². The number of hydrogen-bond acceptors (Lipinski definition) is 6. The Balaban J connectivity index is 1.49. The zero-order valence-corrected chi connectivity index (χ0v) is 13.9. The zero-order valence-electron chi connectivity index (χ0n) is 13.1. The van der Waals surface area contributed by atoms with Gasteiger partial charge in [0.1, 0.15) is 23.5 Å². The molecule has 1 aromatic heterocycles. The maximum atomic E-state index is 8.90. The maximum Gasteiger partial charge on any atom is 0.123 e. The molecule has 5 nitrogen and oxygen atoms in total. The minimum atomic E-state index is 0.0596. The van der Waals surface area contributed by atoms with Gasteiger partial charge in [0.2, 0.25) is 0 Å². The zero-order chi connectivity index (χ0) is 16.1. The topological polar surface area (TPSA) is 58.4 Å². The summed E-state index contributed by atoms with van der Waals surface area (Å²) in [4.78, 5) is 6.85. The summed E-state index contributed by atoms with van der Waals surface area (Å²) in [6.45, 7) is 5.90. The van der Waals surface area contributed by atoms with Crippen molar-refractivity contribution in [3.8, 4) is 11.8 Å². The second kappa shape index (κ2) is 7.55. The van der Waals surface area contributed by atoms with Gasteiger partial charge in [-0.1, -0.05) is 6.07 Å². The van der Waals surface area contributed by atoms with Crippen LogP contribution < -0.4 is 4.74 Å². The number of nitriles is 1. The van der Waals surface area contributed by atoms with E-state index in [1.807, 2.05) is 19.1 Å². The van der Waals surface area contributed by atoms with E-state index < -0.39 is 0 Å². The van der Waals surface area contributed by atoms with Gasteiger partial charge < -0.3 is 9.47 Å². The number of ether oxygens (including phenoxy) is 2. The molecule has 23 heavy (non-hydrogen) atoms. The van der Waals surface area contributed by atoms with E-state index in [0.29, 0.717) is 18.8 Å². The number of benzene rings is 1. The smallest absolute Gasteiger partial charge is 0.123 e. The van der Waals surface area contributed by atoms with E-state index in [9.17, 15) is 0 Å². The molecule has 1 fully saturated rings. The lowest BCUT2D eigenvalue weighted by atomic mass is 10.2. The molecule has 1 saturated heterocycles. The molecule has 0 aliphatic carbocycles. The average Bonchev–Trinajstić information content (AvgIpc) is 3.02. The normalized spacial score (nSPS) is 18.5. The van der Waals surface area contributed by atoms with Crippen molar-refractivity contribution in [1.29, 1.82) is 5.26 Å². The van der Waals surface area contributed by atoms with Crippen molar-refractivity contribution in [2.45, 2.75) is 13.0 Å². The predicted molar refractivity (Wildman–Crippen MR) is 88.6 cm³/mol. The Morgan fingerprint density at radius 2 is 2.43 bits per heavy atom. The second-order valence-electron chi connectivity index (χ2n) is 5.48. The van der Waals surface area contributed by atoms with Gasteiger partial charge in [-0.05, 0) is 25.1 Å². The first-order chi connectivity index (χ1) is 11.2. The summed E-state index contributed by atoms with van der Waals surface area (Å²) in [5, 5.41) is 12.0. The number of aryl methyl sites for hydroxylation is 1. The Labute approximate surface area is 140 Å². The summed E-state index contributed by atoms with van der Waals surface area (Å²) in [6, 6.07) is 9.37. The first-order valence-corrected chi connectivity index (χ1v) is 8.51. The monoisotopic (exact) mass is 329 g/mol. The molecule has 6 heteroatoms. The molecule has 0 spiro atoms. The van der Waals surface area contributed by atoms with Crippen LogP contribution in [0.25, 0.3) is 0 Å². The van der Waals surface area contributed by atoms with Gasteiger partial charge in [0.05, 0.1) is 18.2 Å². The van der Waals surface area contributed by atoms with E-state index in [4.69, 9.17) is 14.7 Å². The molecule has 0 N–H and O–H groups in total. The minimum absolute atomic E-state index is 0.0596. The standard InChI is InChI=1S/C17H19N3O2S/c1-13-12-23-17(19-13)16-11-20(6-8-22-16)5-7-21-15-4-2-3-14(9-15)10-18/h2-4,9,12,16H,5-8,11H2,1H3. The van der Waals surface area contributed by atoms with Crippen LogP contribution in [0, 0.1) is 18.3 Å². The van der Waals surface area contributed by atoms with Crippen LogP contribution in [0.1, 0.15) is 22.4 Å². The third-order valence-electron chi connectivity index (χ3n) is 3.70. The predicted octanol–water partition coefficient (Wildman–Crippen LogP) is 2.78. The minimum Gasteiger partial charge on any atom is -0.492 e. The Morgan fingerprint density at radius 1 is 1.52 bits per heavy atom. The highest BCUT2D eigenvalue weighted by atomic mass is 32.1. The van der Waals surface area contributed by atoms with E-state index >= 15 is 0 Å². The van der Waals surface area contributed by atoms with Crippen molar-refractivity contribution in [3.63, 3.8) is 0 Å². The van der Waals surface area contributed by atoms with Crippen molar-refractivity contribution >= 4 is 11.3 Å². The lowest BCUT2D eigenvalue weighted by Gasteiger charge is -2.31. The quantitative estimate of drug-likeness (QED) is 0.844. The lowest BCUT2D eigenvalue weighted by molar-refractivity contribution is -0.0330. The van der Waals surface area contributed by atoms with E-state index in [-0.39, 0.29) is 6.10 Å². The fourth-order valence-corrected chi connectivity index (χ4v) is 3.36. The molecule has 0 radical (unpaired) electrons. The number of hydrogen-bond donors (Lipinski definition) is 0. The number of morpholine rings is 1. The van der Waals surface area contributed by atoms with Crippen molar-refractivity contribution in [1.82, 2.24) is 9.88 Å². The third-order valence-corrected chi connectivity index (χ3v) is 4.76. The SMILES string of the molecule is Cc1csc(C2CN(CCOc3cccc(C#N)c3)CCO2)n1. The van der Waals surface area contributed by atoms with Crippen molar-refractivity contribution in [3.05, 3.63) is 45.9 Å². The highest BCUT2D eigenvalue weighted by Gasteiger charge is 2.24. The van der Waals surface area contributed by atoms with E-state index in [1.165, 1.54) is 0 Å². The van der Waals surface area contributed by atoms with Gasteiger partial charge in [-0.3, -0.25) is 4.90 Å². The van der Waals surface area contributed by atoms with Gasteiger partial charge in [-0.15, -0.1) is 11.3 Å².